The zero-order chi connectivity index (χ0) is 5.91. The van der Waals surface area contributed by atoms with Crippen LogP contribution in [0.4, 0.5) is 0 Å². The van der Waals surface area contributed by atoms with Gasteiger partial charge < -0.3 is 0 Å². The molecule has 0 unspecified atom stereocenters. The zero-order valence-corrected chi connectivity index (χ0v) is 5.58. The fraction of sp³-hybridized carbons (Fsp3) is 0.714. The lowest BCUT2D eigenvalue weighted by Crippen LogP contribution is -1.97. The monoisotopic (exact) mass is 97.1 g/mol. The van der Waals surface area contributed by atoms with Crippen LogP contribution >= 0.6 is 0 Å². The maximum Gasteiger partial charge on any atom is -0.0197 e. The summed E-state index contributed by atoms with van der Waals surface area (Å²) in [5.74, 6) is 0. The van der Waals surface area contributed by atoms with E-state index < -0.39 is 0 Å². The first-order valence-corrected chi connectivity index (χ1v) is 2.58. The molecule has 0 heterocycles. The summed E-state index contributed by atoms with van der Waals surface area (Å²) >= 11 is 0. The van der Waals surface area contributed by atoms with E-state index in [1.54, 1.807) is 0 Å². The van der Waals surface area contributed by atoms with Crippen molar-refractivity contribution >= 4 is 0 Å². The van der Waals surface area contributed by atoms with E-state index in [1.165, 1.54) is 0 Å². The van der Waals surface area contributed by atoms with Gasteiger partial charge in [0.1, 0.15) is 0 Å². The van der Waals surface area contributed by atoms with Crippen molar-refractivity contribution in [1.29, 1.82) is 0 Å². The summed E-state index contributed by atoms with van der Waals surface area (Å²) < 4.78 is 0. The Hall–Kier alpha value is -0.260. The van der Waals surface area contributed by atoms with Crippen LogP contribution in [-0.2, 0) is 0 Å². The van der Waals surface area contributed by atoms with Gasteiger partial charge in [0.15, 0.2) is 0 Å². The molecule has 0 nitrogen and oxygen atoms in total. The topological polar surface area (TPSA) is 0 Å². The maximum atomic E-state index is 2.98. The molecule has 0 rings (SSSR count). The number of hydrogen-bond acceptors (Lipinski definition) is 0. The van der Waals surface area contributed by atoms with Crippen LogP contribution in [-0.4, -0.2) is 0 Å². The normalized spacial score (nSPS) is 13.1. The molecule has 0 aromatic rings. The highest BCUT2D eigenvalue weighted by Crippen LogP contribution is 2.13. The van der Waals surface area contributed by atoms with E-state index in [9.17, 15) is 0 Å². The largest absolute Gasteiger partial charge is 0.0759 e. The molecule has 0 aliphatic heterocycles. The Morgan fingerprint density at radius 3 is 1.71 bits per heavy atom. The van der Waals surface area contributed by atoms with E-state index in [0.29, 0.717) is 5.41 Å². The molecular weight excluding hydrogens is 84.1 g/mol. The molecule has 0 bridgehead atoms. The van der Waals surface area contributed by atoms with E-state index in [0.717, 1.165) is 0 Å². The molecule has 0 aliphatic carbocycles. The average molecular weight is 97.2 g/mol. The van der Waals surface area contributed by atoms with Crippen LogP contribution in [0.5, 0.6) is 0 Å². The van der Waals surface area contributed by atoms with Crippen molar-refractivity contribution in [3.8, 4) is 0 Å². The third-order valence-electron chi connectivity index (χ3n) is 0.577. The van der Waals surface area contributed by atoms with E-state index >= 15 is 0 Å². The number of allylic oxidation sites excluding steroid dienone is 2. The van der Waals surface area contributed by atoms with Crippen LogP contribution in [0.1, 0.15) is 27.7 Å². The fourth-order valence-electron chi connectivity index (χ4n) is 0.433. The Morgan fingerprint density at radius 2 is 1.71 bits per heavy atom. The first-order valence-electron chi connectivity index (χ1n) is 2.58. The van der Waals surface area contributed by atoms with Crippen LogP contribution in [0, 0.1) is 11.5 Å². The Bertz CT molecular complexity index is 62.6. The van der Waals surface area contributed by atoms with Gasteiger partial charge in [-0.05, 0) is 12.3 Å². The van der Waals surface area contributed by atoms with Crippen molar-refractivity contribution in [1.82, 2.24) is 0 Å². The minimum Gasteiger partial charge on any atom is -0.0759 e. The van der Waals surface area contributed by atoms with E-state index in [2.05, 4.69) is 32.9 Å². The van der Waals surface area contributed by atoms with Crippen LogP contribution in [0.3, 0.4) is 0 Å². The molecule has 0 atom stereocenters. The third-order valence-corrected chi connectivity index (χ3v) is 0.577. The zero-order valence-electron chi connectivity index (χ0n) is 5.58. The Balaban J connectivity index is 3.56. The third kappa shape index (κ3) is 5.74. The summed E-state index contributed by atoms with van der Waals surface area (Å²) in [4.78, 5) is 0. The van der Waals surface area contributed by atoms with Crippen LogP contribution in [0.15, 0.2) is 6.08 Å². The standard InChI is InChI=1S/C7H13/c1-5-6-7(2,3)4/h6H,1-4H3. The highest BCUT2D eigenvalue weighted by molar-refractivity contribution is 4.84. The quantitative estimate of drug-likeness (QED) is 0.435. The molecule has 41 valence electrons. The smallest absolute Gasteiger partial charge is 0.0197 e. The second-order valence-corrected chi connectivity index (χ2v) is 2.80. The van der Waals surface area contributed by atoms with Gasteiger partial charge in [-0.2, -0.15) is 0 Å². The van der Waals surface area contributed by atoms with Crippen LogP contribution in [0.2, 0.25) is 0 Å². The maximum absolute atomic E-state index is 2.98. The molecule has 1 radical (unpaired) electrons. The predicted octanol–water partition coefficient (Wildman–Crippen LogP) is 2.41. The molecule has 0 N–H and O–H groups in total. The van der Waals surface area contributed by atoms with E-state index in [4.69, 9.17) is 0 Å². The van der Waals surface area contributed by atoms with Gasteiger partial charge in [0.05, 0.1) is 0 Å². The van der Waals surface area contributed by atoms with Gasteiger partial charge in [-0.3, -0.25) is 0 Å². The van der Waals surface area contributed by atoms with Gasteiger partial charge in [0.25, 0.3) is 0 Å². The predicted molar refractivity (Wildman–Crippen MR) is 32.9 cm³/mol. The van der Waals surface area contributed by atoms with Crippen molar-refractivity contribution in [2.24, 2.45) is 5.41 Å². The van der Waals surface area contributed by atoms with E-state index in [1.807, 2.05) is 6.92 Å². The molecule has 0 amide bonds. The molecule has 0 fully saturated rings. The van der Waals surface area contributed by atoms with E-state index in [-0.39, 0.29) is 0 Å². The fourth-order valence-corrected chi connectivity index (χ4v) is 0.433. The van der Waals surface area contributed by atoms with Gasteiger partial charge in [-0.1, -0.05) is 32.9 Å². The number of hydrogen-bond donors (Lipinski definition) is 0. The molecule has 0 aliphatic rings. The molecule has 0 saturated carbocycles. The molecule has 0 saturated heterocycles. The van der Waals surface area contributed by atoms with Gasteiger partial charge in [-0.25, -0.2) is 0 Å². The lowest BCUT2D eigenvalue weighted by atomic mass is 9.97. The number of rotatable bonds is 0. The summed E-state index contributed by atoms with van der Waals surface area (Å²) in [6.45, 7) is 8.39. The van der Waals surface area contributed by atoms with Gasteiger partial charge in [0.2, 0.25) is 0 Å². The Labute approximate surface area is 46.2 Å². The van der Waals surface area contributed by atoms with Crippen molar-refractivity contribution < 1.29 is 0 Å². The van der Waals surface area contributed by atoms with Gasteiger partial charge >= 0.3 is 0 Å². The molecule has 0 aromatic carbocycles. The first kappa shape index (κ1) is 6.74. The second-order valence-electron chi connectivity index (χ2n) is 2.80. The van der Waals surface area contributed by atoms with Crippen molar-refractivity contribution in [2.45, 2.75) is 27.7 Å². The van der Waals surface area contributed by atoms with Crippen molar-refractivity contribution in [2.75, 3.05) is 0 Å². The van der Waals surface area contributed by atoms with Gasteiger partial charge in [0, 0.05) is 0 Å². The molecule has 7 heavy (non-hydrogen) atoms. The summed E-state index contributed by atoms with van der Waals surface area (Å²) in [7, 11) is 0. The lowest BCUT2D eigenvalue weighted by Gasteiger charge is -2.09. The highest BCUT2D eigenvalue weighted by Gasteiger charge is 2.01. The summed E-state index contributed by atoms with van der Waals surface area (Å²) in [5, 5.41) is 0. The first-order chi connectivity index (χ1) is 3.06. The minimum absolute atomic E-state index is 0.314. The summed E-state index contributed by atoms with van der Waals surface area (Å²) in [5.41, 5.74) is 0.314. The molecule has 0 spiro atoms. The minimum atomic E-state index is 0.314. The SMILES string of the molecule is C[C]=CC(C)(C)C. The molecular formula is C7H13. The van der Waals surface area contributed by atoms with Gasteiger partial charge in [-0.15, -0.1) is 0 Å². The average Bonchev–Trinajstić information content (AvgIpc) is 1.30. The second kappa shape index (κ2) is 2.15. The van der Waals surface area contributed by atoms with Crippen molar-refractivity contribution in [3.63, 3.8) is 0 Å². The highest BCUT2D eigenvalue weighted by atomic mass is 14.1. The molecule has 0 heteroatoms. The Morgan fingerprint density at radius 1 is 1.29 bits per heavy atom. The van der Waals surface area contributed by atoms with Crippen molar-refractivity contribution in [3.05, 3.63) is 12.2 Å². The van der Waals surface area contributed by atoms with Crippen LogP contribution < -0.4 is 0 Å². The van der Waals surface area contributed by atoms with Crippen LogP contribution in [0.25, 0.3) is 0 Å². The molecule has 0 aromatic heterocycles. The lowest BCUT2D eigenvalue weighted by molar-refractivity contribution is 0.542. The Kier molecular flexibility index (Phi) is 2.07. The summed E-state index contributed by atoms with van der Waals surface area (Å²) in [6, 6.07) is 0. The summed E-state index contributed by atoms with van der Waals surface area (Å²) in [6.07, 6.45) is 5.05.